The van der Waals surface area contributed by atoms with Gasteiger partial charge in [0.1, 0.15) is 5.82 Å². The molecule has 6 heteroatoms. The SMILES string of the molecule is Cc1ccc(NC(=O)Cc2csc(=NC3CCCCCC3)n2C)c(F)c1. The molecule has 1 aromatic heterocycles. The molecular formula is C20H26FN3OS. The molecule has 140 valence electrons. The van der Waals surface area contributed by atoms with E-state index in [4.69, 9.17) is 4.99 Å². The molecule has 0 saturated heterocycles. The van der Waals surface area contributed by atoms with Crippen molar-refractivity contribution in [2.75, 3.05) is 5.32 Å². The van der Waals surface area contributed by atoms with E-state index < -0.39 is 5.82 Å². The number of aryl methyl sites for hydroxylation is 1. The maximum atomic E-state index is 13.9. The van der Waals surface area contributed by atoms with Gasteiger partial charge in [-0.1, -0.05) is 31.7 Å². The summed E-state index contributed by atoms with van der Waals surface area (Å²) in [5.41, 5.74) is 1.95. The summed E-state index contributed by atoms with van der Waals surface area (Å²) in [6.45, 7) is 1.82. The molecule has 1 N–H and O–H groups in total. The number of hydrogen-bond donors (Lipinski definition) is 1. The van der Waals surface area contributed by atoms with E-state index in [-0.39, 0.29) is 18.0 Å². The molecule has 0 atom stereocenters. The fourth-order valence-electron chi connectivity index (χ4n) is 3.30. The number of amides is 1. The molecule has 1 aliphatic carbocycles. The van der Waals surface area contributed by atoms with Crippen LogP contribution >= 0.6 is 11.3 Å². The Hall–Kier alpha value is -1.95. The van der Waals surface area contributed by atoms with Gasteiger partial charge in [-0.05, 0) is 37.5 Å². The van der Waals surface area contributed by atoms with Crippen LogP contribution in [0.2, 0.25) is 0 Å². The quantitative estimate of drug-likeness (QED) is 0.794. The molecule has 1 saturated carbocycles. The molecule has 0 bridgehead atoms. The second-order valence-corrected chi connectivity index (χ2v) is 7.89. The van der Waals surface area contributed by atoms with Gasteiger partial charge in [-0.25, -0.2) is 4.39 Å². The Kier molecular flexibility index (Phi) is 6.25. The van der Waals surface area contributed by atoms with E-state index in [0.29, 0.717) is 6.04 Å². The summed E-state index contributed by atoms with van der Waals surface area (Å²) in [6.07, 6.45) is 7.63. The van der Waals surface area contributed by atoms with E-state index in [1.807, 2.05) is 23.9 Å². The molecule has 4 nitrogen and oxygen atoms in total. The van der Waals surface area contributed by atoms with E-state index in [1.54, 1.807) is 23.5 Å². The first-order valence-electron chi connectivity index (χ1n) is 9.26. The van der Waals surface area contributed by atoms with Gasteiger partial charge in [-0.15, -0.1) is 11.3 Å². The third kappa shape index (κ3) is 4.81. The molecular weight excluding hydrogens is 349 g/mol. The zero-order valence-corrected chi connectivity index (χ0v) is 16.2. The topological polar surface area (TPSA) is 46.4 Å². The standard InChI is InChI=1S/C20H26FN3OS/c1-14-9-10-18(17(21)11-14)23-19(25)12-16-13-26-20(24(16)2)22-15-7-5-3-4-6-8-15/h9-11,13,15H,3-8,12H2,1-2H3,(H,23,25). The average Bonchev–Trinajstić information content (AvgIpc) is 2.80. The Labute approximate surface area is 157 Å². The van der Waals surface area contributed by atoms with Crippen LogP contribution in [0.1, 0.15) is 49.8 Å². The zero-order chi connectivity index (χ0) is 18.5. The Bertz CT molecular complexity index is 832. The van der Waals surface area contributed by atoms with Crippen molar-refractivity contribution >= 4 is 22.9 Å². The molecule has 1 fully saturated rings. The molecule has 1 aromatic carbocycles. The maximum absolute atomic E-state index is 13.9. The van der Waals surface area contributed by atoms with Gasteiger partial charge in [-0.3, -0.25) is 9.79 Å². The predicted molar refractivity (Wildman–Crippen MR) is 104 cm³/mol. The van der Waals surface area contributed by atoms with Gasteiger partial charge in [0, 0.05) is 18.1 Å². The highest BCUT2D eigenvalue weighted by atomic mass is 32.1. The second-order valence-electron chi connectivity index (χ2n) is 7.05. The molecule has 1 amide bonds. The molecule has 1 aliphatic rings. The number of nitrogens with one attached hydrogen (secondary N) is 1. The van der Waals surface area contributed by atoms with Crippen LogP contribution in [0.15, 0.2) is 28.6 Å². The van der Waals surface area contributed by atoms with Gasteiger partial charge in [0.05, 0.1) is 18.2 Å². The Morgan fingerprint density at radius 1 is 1.31 bits per heavy atom. The van der Waals surface area contributed by atoms with Crippen LogP contribution in [0, 0.1) is 12.7 Å². The minimum absolute atomic E-state index is 0.209. The number of carbonyl (C=O) groups is 1. The molecule has 3 rings (SSSR count). The summed E-state index contributed by atoms with van der Waals surface area (Å²) in [7, 11) is 1.95. The normalized spacial score (nSPS) is 16.5. The maximum Gasteiger partial charge on any atom is 0.230 e. The highest BCUT2D eigenvalue weighted by Crippen LogP contribution is 2.20. The number of thiazole rings is 1. The molecule has 26 heavy (non-hydrogen) atoms. The Morgan fingerprint density at radius 2 is 2.04 bits per heavy atom. The van der Waals surface area contributed by atoms with Crippen molar-refractivity contribution in [1.29, 1.82) is 0 Å². The smallest absolute Gasteiger partial charge is 0.230 e. The fraction of sp³-hybridized carbons (Fsp3) is 0.500. The van der Waals surface area contributed by atoms with Gasteiger partial charge in [0.2, 0.25) is 5.91 Å². The second kappa shape index (κ2) is 8.62. The monoisotopic (exact) mass is 375 g/mol. The minimum Gasteiger partial charge on any atom is -0.324 e. The number of rotatable bonds is 4. The van der Waals surface area contributed by atoms with Crippen molar-refractivity contribution in [2.45, 2.75) is 57.9 Å². The first-order valence-corrected chi connectivity index (χ1v) is 10.1. The van der Waals surface area contributed by atoms with Crippen LogP contribution in [0.25, 0.3) is 0 Å². The number of halogens is 1. The third-order valence-corrected chi connectivity index (χ3v) is 5.86. The van der Waals surface area contributed by atoms with Crippen molar-refractivity contribution in [3.05, 3.63) is 45.5 Å². The first-order chi connectivity index (χ1) is 12.5. The lowest BCUT2D eigenvalue weighted by atomic mass is 10.1. The summed E-state index contributed by atoms with van der Waals surface area (Å²) in [5.74, 6) is -0.626. The molecule has 0 unspecified atom stereocenters. The van der Waals surface area contributed by atoms with Gasteiger partial charge in [0.25, 0.3) is 0 Å². The molecule has 0 aliphatic heterocycles. The van der Waals surface area contributed by atoms with Crippen LogP contribution in [-0.2, 0) is 18.3 Å². The lowest BCUT2D eigenvalue weighted by molar-refractivity contribution is -0.115. The largest absolute Gasteiger partial charge is 0.324 e. The van der Waals surface area contributed by atoms with E-state index >= 15 is 0 Å². The minimum atomic E-state index is -0.405. The van der Waals surface area contributed by atoms with Gasteiger partial charge < -0.3 is 9.88 Å². The number of nitrogens with zero attached hydrogens (tertiary/aromatic N) is 2. The van der Waals surface area contributed by atoms with Gasteiger partial charge >= 0.3 is 0 Å². The zero-order valence-electron chi connectivity index (χ0n) is 15.4. The average molecular weight is 376 g/mol. The fourth-order valence-corrected chi connectivity index (χ4v) is 4.27. The predicted octanol–water partition coefficient (Wildman–Crippen LogP) is 4.34. The Morgan fingerprint density at radius 3 is 2.73 bits per heavy atom. The van der Waals surface area contributed by atoms with E-state index in [9.17, 15) is 9.18 Å². The number of carbonyl (C=O) groups excluding carboxylic acids is 1. The van der Waals surface area contributed by atoms with Crippen LogP contribution in [-0.4, -0.2) is 16.5 Å². The van der Waals surface area contributed by atoms with Crippen molar-refractivity contribution < 1.29 is 9.18 Å². The summed E-state index contributed by atoms with van der Waals surface area (Å²) in [6, 6.07) is 5.20. The first kappa shape index (κ1) is 18.8. The molecule has 1 heterocycles. The van der Waals surface area contributed by atoms with Crippen molar-refractivity contribution in [3.8, 4) is 0 Å². The van der Waals surface area contributed by atoms with E-state index in [1.165, 1.54) is 31.7 Å². The van der Waals surface area contributed by atoms with Crippen LogP contribution in [0.5, 0.6) is 0 Å². The van der Waals surface area contributed by atoms with Gasteiger partial charge in [-0.2, -0.15) is 0 Å². The van der Waals surface area contributed by atoms with Crippen molar-refractivity contribution in [3.63, 3.8) is 0 Å². The number of anilines is 1. The highest BCUT2D eigenvalue weighted by Gasteiger charge is 2.13. The number of benzene rings is 1. The molecule has 0 radical (unpaired) electrons. The third-order valence-electron chi connectivity index (χ3n) is 4.88. The van der Waals surface area contributed by atoms with E-state index in [2.05, 4.69) is 5.32 Å². The number of aromatic nitrogens is 1. The number of hydrogen-bond acceptors (Lipinski definition) is 3. The highest BCUT2D eigenvalue weighted by molar-refractivity contribution is 7.07. The molecule has 0 spiro atoms. The van der Waals surface area contributed by atoms with Crippen LogP contribution in [0.4, 0.5) is 10.1 Å². The summed E-state index contributed by atoms with van der Waals surface area (Å²) in [4.78, 5) is 18.2. The summed E-state index contributed by atoms with van der Waals surface area (Å²) >= 11 is 1.57. The summed E-state index contributed by atoms with van der Waals surface area (Å²) in [5, 5.41) is 4.63. The van der Waals surface area contributed by atoms with Crippen LogP contribution in [0.3, 0.4) is 0 Å². The van der Waals surface area contributed by atoms with Gasteiger partial charge in [0.15, 0.2) is 4.80 Å². The lowest BCUT2D eigenvalue weighted by Gasteiger charge is -2.09. The Balaban J connectivity index is 1.68. The van der Waals surface area contributed by atoms with Crippen molar-refractivity contribution in [1.82, 2.24) is 4.57 Å². The van der Waals surface area contributed by atoms with E-state index in [0.717, 1.165) is 28.9 Å². The van der Waals surface area contributed by atoms with Crippen LogP contribution < -0.4 is 10.1 Å². The summed E-state index contributed by atoms with van der Waals surface area (Å²) < 4.78 is 15.9. The lowest BCUT2D eigenvalue weighted by Crippen LogP contribution is -2.21. The molecule has 2 aromatic rings. The van der Waals surface area contributed by atoms with Crippen molar-refractivity contribution in [2.24, 2.45) is 12.0 Å².